The number of pyridine rings is 1. The molecule has 0 unspecified atom stereocenters. The maximum atomic E-state index is 12.3. The molecule has 3 N–H and O–H groups in total. The lowest BCUT2D eigenvalue weighted by Crippen LogP contribution is -2.51. The molecule has 0 radical (unpaired) electrons. The molecule has 22 heavy (non-hydrogen) atoms. The summed E-state index contributed by atoms with van der Waals surface area (Å²) in [6.45, 7) is 0. The summed E-state index contributed by atoms with van der Waals surface area (Å²) in [7, 11) is 0. The average molecular weight is 300 g/mol. The van der Waals surface area contributed by atoms with Crippen LogP contribution in [0.3, 0.4) is 0 Å². The molecule has 0 aliphatic carbocycles. The minimum absolute atomic E-state index is 0.208. The molecule has 1 saturated heterocycles. The predicted molar refractivity (Wildman–Crippen MR) is 72.8 cm³/mol. The second kappa shape index (κ2) is 4.81. The number of hydrogen-bond donors (Lipinski definition) is 3. The summed E-state index contributed by atoms with van der Waals surface area (Å²) in [6.07, 6.45) is 2.32. The Morgan fingerprint density at radius 1 is 1.09 bits per heavy atom. The van der Waals surface area contributed by atoms with E-state index in [-0.39, 0.29) is 11.2 Å². The number of nitrogens with one attached hydrogen (secondary N) is 2. The Bertz CT molecular complexity index is 906. The van der Waals surface area contributed by atoms with Crippen molar-refractivity contribution in [1.82, 2.24) is 20.0 Å². The average Bonchev–Trinajstić information content (AvgIpc) is 2.45. The fourth-order valence-electron chi connectivity index (χ4n) is 1.97. The molecule has 4 amide bonds. The van der Waals surface area contributed by atoms with Gasteiger partial charge in [0.2, 0.25) is 5.88 Å². The maximum Gasteiger partial charge on any atom is 0.328 e. The lowest BCUT2D eigenvalue weighted by Gasteiger charge is -2.14. The van der Waals surface area contributed by atoms with Gasteiger partial charge < -0.3 is 5.11 Å². The van der Waals surface area contributed by atoms with Gasteiger partial charge in [-0.15, -0.1) is 0 Å². The predicted octanol–water partition coefficient (Wildman–Crippen LogP) is -0.851. The van der Waals surface area contributed by atoms with E-state index in [1.54, 1.807) is 12.1 Å². The minimum atomic E-state index is -0.967. The molecule has 0 aromatic carbocycles. The van der Waals surface area contributed by atoms with Crippen molar-refractivity contribution in [3.05, 3.63) is 45.9 Å². The number of carbonyl (C=O) groups is 3. The first-order valence-corrected chi connectivity index (χ1v) is 6.06. The third-order valence-electron chi connectivity index (χ3n) is 2.98. The standard InChI is InChI=1S/C13H8N4O5/c18-9-6(10(19)16-13(22)15-9)5-7-11(20)14-8-3-1-2-4-17(8)12(7)21/h1-5,20H,(H2,15,16,18,19,22). The van der Waals surface area contributed by atoms with Crippen LogP contribution in [0.15, 0.2) is 34.8 Å². The van der Waals surface area contributed by atoms with Gasteiger partial charge in [0.25, 0.3) is 17.4 Å². The molecule has 3 heterocycles. The van der Waals surface area contributed by atoms with E-state index in [4.69, 9.17) is 0 Å². The van der Waals surface area contributed by atoms with Crippen LogP contribution in [0.25, 0.3) is 11.7 Å². The fraction of sp³-hybridized carbons (Fsp3) is 0. The number of carbonyl (C=O) groups excluding carboxylic acids is 3. The van der Waals surface area contributed by atoms with Crippen molar-refractivity contribution in [2.24, 2.45) is 0 Å². The van der Waals surface area contributed by atoms with Crippen LogP contribution in [-0.4, -0.2) is 32.3 Å². The van der Waals surface area contributed by atoms with Crippen LogP contribution in [0.5, 0.6) is 5.88 Å². The number of aromatic hydroxyl groups is 1. The van der Waals surface area contributed by atoms with Gasteiger partial charge in [-0.05, 0) is 18.2 Å². The van der Waals surface area contributed by atoms with Crippen LogP contribution in [-0.2, 0) is 9.59 Å². The Morgan fingerprint density at radius 2 is 1.77 bits per heavy atom. The highest BCUT2D eigenvalue weighted by Crippen LogP contribution is 2.15. The van der Waals surface area contributed by atoms with Gasteiger partial charge in [-0.2, -0.15) is 4.98 Å². The number of aromatic nitrogens is 2. The summed E-state index contributed by atoms with van der Waals surface area (Å²) >= 11 is 0. The number of nitrogens with zero attached hydrogens (tertiary/aromatic N) is 2. The third kappa shape index (κ3) is 2.10. The molecule has 0 saturated carbocycles. The third-order valence-corrected chi connectivity index (χ3v) is 2.98. The Labute approximate surface area is 121 Å². The van der Waals surface area contributed by atoms with Crippen LogP contribution >= 0.6 is 0 Å². The lowest BCUT2D eigenvalue weighted by atomic mass is 10.1. The molecule has 1 fully saturated rings. The molecule has 9 heteroatoms. The summed E-state index contributed by atoms with van der Waals surface area (Å²) < 4.78 is 1.15. The van der Waals surface area contributed by atoms with Gasteiger partial charge in [-0.25, -0.2) is 4.79 Å². The summed E-state index contributed by atoms with van der Waals surface area (Å²) in [4.78, 5) is 50.3. The van der Waals surface area contributed by atoms with E-state index in [1.807, 2.05) is 10.6 Å². The second-order valence-corrected chi connectivity index (χ2v) is 4.38. The maximum absolute atomic E-state index is 12.3. The number of rotatable bonds is 1. The first-order valence-electron chi connectivity index (χ1n) is 6.06. The summed E-state index contributed by atoms with van der Waals surface area (Å²) in [6, 6.07) is 3.77. The number of amides is 4. The summed E-state index contributed by atoms with van der Waals surface area (Å²) in [5.74, 6) is -2.56. The second-order valence-electron chi connectivity index (χ2n) is 4.38. The highest BCUT2D eigenvalue weighted by molar-refractivity contribution is 6.31. The first-order chi connectivity index (χ1) is 10.5. The van der Waals surface area contributed by atoms with Gasteiger partial charge in [0.15, 0.2) is 0 Å². The van der Waals surface area contributed by atoms with E-state index in [9.17, 15) is 24.3 Å². The Morgan fingerprint density at radius 3 is 2.45 bits per heavy atom. The zero-order valence-corrected chi connectivity index (χ0v) is 10.9. The van der Waals surface area contributed by atoms with E-state index >= 15 is 0 Å². The molecular formula is C13H8N4O5. The van der Waals surface area contributed by atoms with Crippen LogP contribution in [0.1, 0.15) is 5.56 Å². The Balaban J connectivity index is 2.21. The molecule has 1 aliphatic heterocycles. The van der Waals surface area contributed by atoms with Gasteiger partial charge in [0.1, 0.15) is 16.8 Å². The molecule has 110 valence electrons. The monoisotopic (exact) mass is 300 g/mol. The molecule has 2 aromatic rings. The van der Waals surface area contributed by atoms with Crippen molar-refractivity contribution in [2.45, 2.75) is 0 Å². The van der Waals surface area contributed by atoms with E-state index in [0.717, 1.165) is 10.5 Å². The minimum Gasteiger partial charge on any atom is -0.493 e. The zero-order valence-electron chi connectivity index (χ0n) is 10.9. The van der Waals surface area contributed by atoms with Gasteiger partial charge in [0, 0.05) is 6.20 Å². The van der Waals surface area contributed by atoms with Crippen LogP contribution in [0, 0.1) is 0 Å². The van der Waals surface area contributed by atoms with Crippen LogP contribution in [0.2, 0.25) is 0 Å². The Hall–Kier alpha value is -3.49. The van der Waals surface area contributed by atoms with Crippen molar-refractivity contribution in [1.29, 1.82) is 0 Å². The topological polar surface area (TPSA) is 130 Å². The lowest BCUT2D eigenvalue weighted by molar-refractivity contribution is -0.123. The smallest absolute Gasteiger partial charge is 0.328 e. The molecule has 2 aromatic heterocycles. The first kappa shape index (κ1) is 13.5. The number of urea groups is 1. The van der Waals surface area contributed by atoms with Gasteiger partial charge >= 0.3 is 6.03 Å². The zero-order chi connectivity index (χ0) is 15.9. The van der Waals surface area contributed by atoms with Crippen molar-refractivity contribution < 1.29 is 19.5 Å². The van der Waals surface area contributed by atoms with Crippen molar-refractivity contribution in [2.75, 3.05) is 0 Å². The van der Waals surface area contributed by atoms with Crippen molar-refractivity contribution in [3.63, 3.8) is 0 Å². The molecule has 3 rings (SSSR count). The number of barbiturate groups is 1. The van der Waals surface area contributed by atoms with Gasteiger partial charge in [-0.1, -0.05) is 6.07 Å². The largest absolute Gasteiger partial charge is 0.493 e. The van der Waals surface area contributed by atoms with E-state index < -0.39 is 34.9 Å². The number of imide groups is 2. The fourth-order valence-corrected chi connectivity index (χ4v) is 1.97. The quantitative estimate of drug-likeness (QED) is 0.464. The molecule has 1 aliphatic rings. The summed E-state index contributed by atoms with van der Waals surface area (Å²) in [5.41, 5.74) is -1.27. The van der Waals surface area contributed by atoms with E-state index in [0.29, 0.717) is 0 Å². The SMILES string of the molecule is O=C1NC(=O)C(=Cc2c(O)nc3ccccn3c2=O)C(=O)N1. The van der Waals surface area contributed by atoms with Crippen LogP contribution in [0.4, 0.5) is 4.79 Å². The summed E-state index contributed by atoms with van der Waals surface area (Å²) in [5, 5.41) is 13.6. The van der Waals surface area contributed by atoms with Crippen LogP contribution < -0.4 is 16.2 Å². The number of hydrogen-bond acceptors (Lipinski definition) is 6. The molecule has 9 nitrogen and oxygen atoms in total. The molecule has 0 spiro atoms. The highest BCUT2D eigenvalue weighted by Gasteiger charge is 2.28. The van der Waals surface area contributed by atoms with E-state index in [2.05, 4.69) is 4.98 Å². The highest BCUT2D eigenvalue weighted by atomic mass is 16.3. The van der Waals surface area contributed by atoms with Crippen molar-refractivity contribution >= 4 is 29.6 Å². The van der Waals surface area contributed by atoms with Gasteiger partial charge in [0.05, 0.1) is 0 Å². The molecule has 0 bridgehead atoms. The van der Waals surface area contributed by atoms with E-state index in [1.165, 1.54) is 12.3 Å². The van der Waals surface area contributed by atoms with Gasteiger partial charge in [-0.3, -0.25) is 29.4 Å². The van der Waals surface area contributed by atoms with Crippen molar-refractivity contribution in [3.8, 4) is 5.88 Å². The Kier molecular flexibility index (Phi) is 2.95. The normalized spacial score (nSPS) is 14.7. The number of fused-ring (bicyclic) bond motifs is 1. The molecule has 0 atom stereocenters. The molecular weight excluding hydrogens is 292 g/mol.